The predicted octanol–water partition coefficient (Wildman–Crippen LogP) is 4.17. The number of hydrogen-bond donors (Lipinski definition) is 0. The quantitative estimate of drug-likeness (QED) is 0.610. The number of nitrogens with zero attached hydrogens (tertiary/aromatic N) is 1. The summed E-state index contributed by atoms with van der Waals surface area (Å²) in [7, 11) is 1.55. The highest BCUT2D eigenvalue weighted by molar-refractivity contribution is 7.98. The summed E-state index contributed by atoms with van der Waals surface area (Å²) >= 11 is 7.72. The van der Waals surface area contributed by atoms with Gasteiger partial charge in [0.25, 0.3) is 0 Å². The van der Waals surface area contributed by atoms with Crippen molar-refractivity contribution in [1.82, 2.24) is 5.16 Å². The van der Waals surface area contributed by atoms with Crippen LogP contribution in [0.1, 0.15) is 40.4 Å². The summed E-state index contributed by atoms with van der Waals surface area (Å²) in [4.78, 5) is 13.5. The largest absolute Gasteiger partial charge is 0.495 e. The fraction of sp³-hybridized carbons (Fsp3) is 0.333. The number of rotatable bonds is 5. The van der Waals surface area contributed by atoms with Gasteiger partial charge in [-0.2, -0.15) is 0 Å². The molecule has 1 aromatic carbocycles. The molecular weight excluding hydrogens is 310 g/mol. The Morgan fingerprint density at radius 2 is 2.19 bits per heavy atom. The van der Waals surface area contributed by atoms with E-state index in [1.807, 2.05) is 6.26 Å². The molecule has 21 heavy (non-hydrogen) atoms. The molecule has 0 atom stereocenters. The Kier molecular flexibility index (Phi) is 3.95. The minimum atomic E-state index is -0.105. The summed E-state index contributed by atoms with van der Waals surface area (Å²) in [5.74, 6) is 1.48. The Labute approximate surface area is 131 Å². The molecule has 0 unspecified atom stereocenters. The van der Waals surface area contributed by atoms with Gasteiger partial charge in [-0.3, -0.25) is 4.79 Å². The number of halogens is 1. The second-order valence-corrected chi connectivity index (χ2v) is 6.06. The molecule has 4 nitrogen and oxygen atoms in total. The van der Waals surface area contributed by atoms with Crippen LogP contribution in [0.5, 0.6) is 5.75 Å². The number of benzene rings is 1. The summed E-state index contributed by atoms with van der Waals surface area (Å²) in [5.41, 5.74) is 1.09. The summed E-state index contributed by atoms with van der Waals surface area (Å²) in [6, 6.07) is 3.45. The van der Waals surface area contributed by atoms with Gasteiger partial charge in [-0.15, -0.1) is 11.8 Å². The molecule has 110 valence electrons. The molecule has 1 fully saturated rings. The summed E-state index contributed by atoms with van der Waals surface area (Å²) < 4.78 is 10.4. The van der Waals surface area contributed by atoms with Gasteiger partial charge in [0.1, 0.15) is 5.75 Å². The lowest BCUT2D eigenvalue weighted by Crippen LogP contribution is -2.05. The van der Waals surface area contributed by atoms with Gasteiger partial charge in [0, 0.05) is 16.4 Å². The van der Waals surface area contributed by atoms with Gasteiger partial charge >= 0.3 is 0 Å². The van der Waals surface area contributed by atoms with Gasteiger partial charge in [-0.1, -0.05) is 16.8 Å². The molecule has 1 aromatic heterocycles. The topological polar surface area (TPSA) is 52.3 Å². The molecule has 0 amide bonds. The van der Waals surface area contributed by atoms with Gasteiger partial charge in [0.05, 0.1) is 23.9 Å². The number of carbonyl (C=O) groups is 1. The van der Waals surface area contributed by atoms with Crippen molar-refractivity contribution in [2.75, 3.05) is 13.4 Å². The van der Waals surface area contributed by atoms with Crippen molar-refractivity contribution in [2.24, 2.45) is 0 Å². The van der Waals surface area contributed by atoms with Crippen LogP contribution in [0.4, 0.5) is 0 Å². The lowest BCUT2D eigenvalue weighted by molar-refractivity contribution is 0.103. The maximum Gasteiger partial charge on any atom is 0.199 e. The smallest absolute Gasteiger partial charge is 0.199 e. The third kappa shape index (κ3) is 2.56. The number of thioether (sulfide) groups is 1. The maximum absolute atomic E-state index is 12.8. The van der Waals surface area contributed by atoms with E-state index in [4.69, 9.17) is 20.9 Å². The zero-order valence-electron chi connectivity index (χ0n) is 11.7. The van der Waals surface area contributed by atoms with Gasteiger partial charge in [-0.05, 0) is 31.2 Å². The normalized spacial score (nSPS) is 14.2. The van der Waals surface area contributed by atoms with E-state index in [1.165, 1.54) is 18.0 Å². The first-order valence-corrected chi connectivity index (χ1v) is 8.17. The monoisotopic (exact) mass is 323 g/mol. The molecule has 3 rings (SSSR count). The molecule has 0 spiro atoms. The van der Waals surface area contributed by atoms with Crippen molar-refractivity contribution in [1.29, 1.82) is 0 Å². The highest BCUT2D eigenvalue weighted by Gasteiger charge is 2.33. The van der Waals surface area contributed by atoms with Crippen LogP contribution in [0.2, 0.25) is 5.02 Å². The van der Waals surface area contributed by atoms with Crippen LogP contribution in [0.25, 0.3) is 0 Å². The molecule has 1 saturated carbocycles. The van der Waals surface area contributed by atoms with E-state index < -0.39 is 0 Å². The van der Waals surface area contributed by atoms with Crippen LogP contribution in [-0.4, -0.2) is 24.3 Å². The average Bonchev–Trinajstić information content (AvgIpc) is 3.23. The number of aromatic nitrogens is 1. The van der Waals surface area contributed by atoms with Crippen LogP contribution < -0.4 is 4.74 Å². The van der Waals surface area contributed by atoms with E-state index >= 15 is 0 Å². The zero-order chi connectivity index (χ0) is 15.0. The molecule has 0 N–H and O–H groups in total. The minimum Gasteiger partial charge on any atom is -0.495 e. The second kappa shape index (κ2) is 5.73. The van der Waals surface area contributed by atoms with Gasteiger partial charge < -0.3 is 9.26 Å². The Bertz CT molecular complexity index is 694. The highest BCUT2D eigenvalue weighted by atomic mass is 35.5. The van der Waals surface area contributed by atoms with Crippen molar-refractivity contribution in [2.45, 2.75) is 23.7 Å². The van der Waals surface area contributed by atoms with E-state index in [2.05, 4.69) is 5.16 Å². The SMILES string of the molecule is COc1ccc(C(=O)c2cnoc2C2CC2)c(SC)c1Cl. The molecule has 2 aromatic rings. The summed E-state index contributed by atoms with van der Waals surface area (Å²) in [6.07, 6.45) is 5.48. The van der Waals surface area contributed by atoms with Gasteiger partial charge in [0.2, 0.25) is 0 Å². The first-order chi connectivity index (χ1) is 10.2. The number of ether oxygens (including phenoxy) is 1. The molecular formula is C15H14ClNO3S. The molecule has 0 radical (unpaired) electrons. The molecule has 6 heteroatoms. The molecule has 0 bridgehead atoms. The fourth-order valence-corrected chi connectivity index (χ4v) is 3.41. The van der Waals surface area contributed by atoms with Gasteiger partial charge in [-0.25, -0.2) is 0 Å². The first kappa shape index (κ1) is 14.5. The van der Waals surface area contributed by atoms with Crippen molar-refractivity contribution < 1.29 is 14.1 Å². The minimum absolute atomic E-state index is 0.105. The fourth-order valence-electron chi connectivity index (χ4n) is 2.28. The standard InChI is InChI=1S/C15H14ClNO3S/c1-19-11-6-5-9(15(21-2)12(11)16)13(18)10-7-17-20-14(10)8-3-4-8/h5-8H,3-4H2,1-2H3. The average molecular weight is 324 g/mol. The predicted molar refractivity (Wildman–Crippen MR) is 81.7 cm³/mol. The van der Waals surface area contributed by atoms with E-state index in [-0.39, 0.29) is 5.78 Å². The highest BCUT2D eigenvalue weighted by Crippen LogP contribution is 2.43. The maximum atomic E-state index is 12.8. The van der Waals surface area contributed by atoms with Crippen LogP contribution in [-0.2, 0) is 0 Å². The van der Waals surface area contributed by atoms with Crippen molar-refractivity contribution in [3.05, 3.63) is 40.2 Å². The Hall–Kier alpha value is -1.46. The number of hydrogen-bond acceptors (Lipinski definition) is 5. The van der Waals surface area contributed by atoms with Gasteiger partial charge in [0.15, 0.2) is 11.5 Å². The zero-order valence-corrected chi connectivity index (χ0v) is 13.3. The van der Waals surface area contributed by atoms with Crippen LogP contribution in [0.3, 0.4) is 0 Å². The number of ketones is 1. The van der Waals surface area contributed by atoms with Crippen molar-refractivity contribution in [3.8, 4) is 5.75 Å². The lowest BCUT2D eigenvalue weighted by atomic mass is 10.0. The second-order valence-electron chi connectivity index (χ2n) is 4.87. The van der Waals surface area contributed by atoms with Crippen molar-refractivity contribution in [3.63, 3.8) is 0 Å². The molecule has 1 aliphatic carbocycles. The van der Waals surface area contributed by atoms with E-state index in [0.29, 0.717) is 38.5 Å². The third-order valence-electron chi connectivity index (χ3n) is 3.52. The third-order valence-corrected chi connectivity index (χ3v) is 4.84. The number of methoxy groups -OCH3 is 1. The van der Waals surface area contributed by atoms with Crippen LogP contribution in [0, 0.1) is 0 Å². The van der Waals surface area contributed by atoms with Crippen molar-refractivity contribution >= 4 is 29.1 Å². The van der Waals surface area contributed by atoms with Crippen LogP contribution in [0.15, 0.2) is 27.7 Å². The lowest BCUT2D eigenvalue weighted by Gasteiger charge is -2.11. The molecule has 0 aliphatic heterocycles. The summed E-state index contributed by atoms with van der Waals surface area (Å²) in [5, 5.41) is 4.24. The first-order valence-electron chi connectivity index (χ1n) is 6.57. The summed E-state index contributed by atoms with van der Waals surface area (Å²) in [6.45, 7) is 0. The van der Waals surface area contributed by atoms with Crippen LogP contribution >= 0.6 is 23.4 Å². The molecule has 1 aliphatic rings. The number of carbonyl (C=O) groups excluding carboxylic acids is 1. The molecule has 1 heterocycles. The van der Waals surface area contributed by atoms with E-state index in [1.54, 1.807) is 19.2 Å². The Morgan fingerprint density at radius 3 is 2.81 bits per heavy atom. The Morgan fingerprint density at radius 1 is 1.43 bits per heavy atom. The molecule has 0 saturated heterocycles. The van der Waals surface area contributed by atoms with E-state index in [0.717, 1.165) is 12.8 Å². The van der Waals surface area contributed by atoms with E-state index in [9.17, 15) is 4.79 Å². The Balaban J connectivity index is 2.05.